The van der Waals surface area contributed by atoms with Crippen LogP contribution in [0.3, 0.4) is 0 Å². The SMILES string of the molecule is CCOC(=O)[C@@](C(=C=O)c1ccccc1)(c1cccc(NC=NN)c1)N(N)C(=O)OC(C)C. The van der Waals surface area contributed by atoms with Crippen molar-refractivity contribution in [1.29, 1.82) is 0 Å². The Balaban J connectivity index is 2.90. The second-order valence-electron chi connectivity index (χ2n) is 7.08. The highest BCUT2D eigenvalue weighted by molar-refractivity contribution is 6.08. The van der Waals surface area contributed by atoms with E-state index in [0.29, 0.717) is 16.3 Å². The number of nitrogens with zero attached hydrogens (tertiary/aromatic N) is 2. The molecule has 0 spiro atoms. The van der Waals surface area contributed by atoms with Gasteiger partial charge in [0.25, 0.3) is 0 Å². The van der Waals surface area contributed by atoms with Crippen LogP contribution in [0.25, 0.3) is 5.57 Å². The third-order valence-electron chi connectivity index (χ3n) is 4.58. The lowest BCUT2D eigenvalue weighted by molar-refractivity contribution is -0.154. The molecule has 2 rings (SSSR count). The molecule has 0 aliphatic carbocycles. The molecule has 0 saturated carbocycles. The highest BCUT2D eigenvalue weighted by Crippen LogP contribution is 2.41. The van der Waals surface area contributed by atoms with Crippen molar-refractivity contribution in [2.45, 2.75) is 32.4 Å². The molecule has 33 heavy (non-hydrogen) atoms. The van der Waals surface area contributed by atoms with Crippen LogP contribution in [-0.2, 0) is 24.6 Å². The van der Waals surface area contributed by atoms with E-state index in [2.05, 4.69) is 10.4 Å². The minimum absolute atomic E-state index is 0.0354. The maximum atomic E-state index is 13.6. The molecule has 0 aromatic heterocycles. The summed E-state index contributed by atoms with van der Waals surface area (Å²) in [6, 6.07) is 14.6. The van der Waals surface area contributed by atoms with Gasteiger partial charge in [0.2, 0.25) is 5.54 Å². The Bertz CT molecular complexity index is 1050. The number of hydrogen-bond acceptors (Lipinski definition) is 8. The van der Waals surface area contributed by atoms with E-state index < -0.39 is 23.7 Å². The summed E-state index contributed by atoms with van der Waals surface area (Å²) in [6.07, 6.45) is -0.354. The van der Waals surface area contributed by atoms with Gasteiger partial charge in [0.1, 0.15) is 12.3 Å². The topological polar surface area (TPSA) is 149 Å². The number of carbonyl (C=O) groups is 2. The number of hydrazine groups is 1. The molecule has 0 aliphatic heterocycles. The van der Waals surface area contributed by atoms with Crippen LogP contribution in [0.1, 0.15) is 31.9 Å². The minimum atomic E-state index is -2.22. The van der Waals surface area contributed by atoms with Gasteiger partial charge in [-0.15, -0.1) is 0 Å². The summed E-state index contributed by atoms with van der Waals surface area (Å²) in [5.41, 5.74) is -1.52. The van der Waals surface area contributed by atoms with Crippen LogP contribution < -0.4 is 17.0 Å². The lowest BCUT2D eigenvalue weighted by atomic mass is 9.79. The first-order chi connectivity index (χ1) is 15.8. The number of nitrogens with one attached hydrogen (secondary N) is 1. The molecule has 0 bridgehead atoms. The van der Waals surface area contributed by atoms with Crippen LogP contribution in [0.4, 0.5) is 10.5 Å². The van der Waals surface area contributed by atoms with Crippen molar-refractivity contribution in [2.24, 2.45) is 16.8 Å². The van der Waals surface area contributed by atoms with Crippen molar-refractivity contribution in [3.63, 3.8) is 0 Å². The van der Waals surface area contributed by atoms with Gasteiger partial charge in [-0.25, -0.2) is 25.2 Å². The average molecular weight is 453 g/mol. The smallest absolute Gasteiger partial charge is 0.426 e. The summed E-state index contributed by atoms with van der Waals surface area (Å²) in [5, 5.41) is 6.76. The molecule has 0 unspecified atom stereocenters. The van der Waals surface area contributed by atoms with E-state index in [0.717, 1.165) is 0 Å². The molecule has 10 nitrogen and oxygen atoms in total. The number of anilines is 1. The minimum Gasteiger partial charge on any atom is -0.464 e. The molecular weight excluding hydrogens is 426 g/mol. The molecule has 174 valence electrons. The fraction of sp³-hybridized carbons (Fsp3) is 0.261. The first-order valence-electron chi connectivity index (χ1n) is 10.1. The zero-order valence-corrected chi connectivity index (χ0v) is 18.6. The number of ether oxygens (including phenoxy) is 2. The van der Waals surface area contributed by atoms with Crippen molar-refractivity contribution in [3.05, 3.63) is 65.7 Å². The fourth-order valence-electron chi connectivity index (χ4n) is 3.25. The van der Waals surface area contributed by atoms with Gasteiger partial charge in [0.05, 0.1) is 18.3 Å². The number of carbonyl (C=O) groups excluding carboxylic acids is 3. The fourth-order valence-corrected chi connectivity index (χ4v) is 3.25. The number of amides is 1. The third kappa shape index (κ3) is 5.38. The number of benzene rings is 2. The van der Waals surface area contributed by atoms with Crippen LogP contribution in [0, 0.1) is 0 Å². The number of rotatable bonds is 9. The van der Waals surface area contributed by atoms with Gasteiger partial charge < -0.3 is 20.6 Å². The normalized spacial score (nSPS) is 12.5. The van der Waals surface area contributed by atoms with E-state index in [1.807, 2.05) is 5.94 Å². The Hall–Kier alpha value is -4.14. The van der Waals surface area contributed by atoms with E-state index in [1.54, 1.807) is 63.2 Å². The molecule has 5 N–H and O–H groups in total. The first kappa shape index (κ1) is 25.1. The van der Waals surface area contributed by atoms with Gasteiger partial charge in [-0.05, 0) is 44.0 Å². The highest BCUT2D eigenvalue weighted by atomic mass is 16.6. The van der Waals surface area contributed by atoms with Crippen LogP contribution in [0.15, 0.2) is 59.7 Å². The molecule has 1 amide bonds. The van der Waals surface area contributed by atoms with E-state index in [1.165, 1.54) is 18.5 Å². The summed E-state index contributed by atoms with van der Waals surface area (Å²) < 4.78 is 10.6. The van der Waals surface area contributed by atoms with Gasteiger partial charge in [-0.1, -0.05) is 42.5 Å². The first-order valence-corrected chi connectivity index (χ1v) is 10.1. The van der Waals surface area contributed by atoms with Gasteiger partial charge in [0.15, 0.2) is 0 Å². The lowest BCUT2D eigenvalue weighted by Gasteiger charge is -2.39. The zero-order chi connectivity index (χ0) is 24.4. The maximum Gasteiger partial charge on any atom is 0.426 e. The molecule has 0 aliphatic rings. The number of hydrazone groups is 1. The van der Waals surface area contributed by atoms with Crippen LogP contribution in [0.5, 0.6) is 0 Å². The van der Waals surface area contributed by atoms with E-state index in [-0.39, 0.29) is 17.7 Å². The largest absolute Gasteiger partial charge is 0.464 e. The highest BCUT2D eigenvalue weighted by Gasteiger charge is 2.54. The summed E-state index contributed by atoms with van der Waals surface area (Å²) in [6.45, 7) is 4.81. The van der Waals surface area contributed by atoms with E-state index in [9.17, 15) is 14.4 Å². The third-order valence-corrected chi connectivity index (χ3v) is 4.58. The molecule has 0 heterocycles. The molecule has 10 heteroatoms. The Labute approximate surface area is 191 Å². The number of nitrogens with two attached hydrogens (primary N) is 2. The predicted molar refractivity (Wildman–Crippen MR) is 124 cm³/mol. The molecule has 1 atom stereocenters. The van der Waals surface area contributed by atoms with Crippen LogP contribution in [-0.4, -0.2) is 42.1 Å². The second-order valence-corrected chi connectivity index (χ2v) is 7.08. The predicted octanol–water partition coefficient (Wildman–Crippen LogP) is 2.39. The van der Waals surface area contributed by atoms with Gasteiger partial charge in [-0.3, -0.25) is 0 Å². The van der Waals surface area contributed by atoms with Gasteiger partial charge >= 0.3 is 12.1 Å². The van der Waals surface area contributed by atoms with Gasteiger partial charge in [0, 0.05) is 5.69 Å². The zero-order valence-electron chi connectivity index (χ0n) is 18.6. The maximum absolute atomic E-state index is 13.6. The van der Waals surface area contributed by atoms with Crippen LogP contribution in [0.2, 0.25) is 0 Å². The Kier molecular flexibility index (Phi) is 8.73. The lowest BCUT2D eigenvalue weighted by Crippen LogP contribution is -2.60. The molecule has 2 aromatic rings. The molecule has 0 fully saturated rings. The summed E-state index contributed by atoms with van der Waals surface area (Å²) in [7, 11) is 0. The van der Waals surface area contributed by atoms with Crippen LogP contribution >= 0.6 is 0 Å². The monoisotopic (exact) mass is 453 g/mol. The molecule has 2 aromatic carbocycles. The van der Waals surface area contributed by atoms with Crippen molar-refractivity contribution in [1.82, 2.24) is 5.01 Å². The summed E-state index contributed by atoms with van der Waals surface area (Å²) >= 11 is 0. The molecule has 0 saturated heterocycles. The summed E-state index contributed by atoms with van der Waals surface area (Å²) in [4.78, 5) is 38.9. The molecule has 0 radical (unpaired) electrons. The summed E-state index contributed by atoms with van der Waals surface area (Å²) in [5.74, 6) is 12.3. The van der Waals surface area contributed by atoms with E-state index >= 15 is 0 Å². The van der Waals surface area contributed by atoms with Crippen molar-refractivity contribution in [3.8, 4) is 0 Å². The standard InChI is InChI=1S/C23H27N5O5/c1-4-32-21(30)23(28(25)22(31)33-16(2)3,20(14-29)17-9-6-5-7-10-17)18-11-8-12-19(13-18)26-15-27-24/h5-13,15-16H,4,24-25H2,1-3H3,(H,26,27)/t23-/m0/s1. The van der Waals surface area contributed by atoms with Crippen molar-refractivity contribution < 1.29 is 23.9 Å². The quantitative estimate of drug-likeness (QED) is 0.0996. The Morgan fingerprint density at radius 2 is 1.91 bits per heavy atom. The second kappa shape index (κ2) is 11.5. The van der Waals surface area contributed by atoms with Gasteiger partial charge in [-0.2, -0.15) is 5.10 Å². The van der Waals surface area contributed by atoms with Crippen molar-refractivity contribution in [2.75, 3.05) is 11.9 Å². The average Bonchev–Trinajstić information content (AvgIpc) is 2.81. The van der Waals surface area contributed by atoms with Crippen molar-refractivity contribution >= 4 is 35.6 Å². The van der Waals surface area contributed by atoms with E-state index in [4.69, 9.17) is 21.2 Å². The Morgan fingerprint density at radius 1 is 1.21 bits per heavy atom. The Morgan fingerprint density at radius 3 is 2.48 bits per heavy atom. The number of hydrogen-bond donors (Lipinski definition) is 3. The number of esters is 1. The molecular formula is C23H27N5O5.